The van der Waals surface area contributed by atoms with Gasteiger partial charge in [-0.2, -0.15) is 0 Å². The maximum Gasteiger partial charge on any atom is 0.0595 e. The van der Waals surface area contributed by atoms with Gasteiger partial charge in [-0.25, -0.2) is 0 Å². The Morgan fingerprint density at radius 1 is 1.15 bits per heavy atom. The molecule has 1 aliphatic rings. The molecule has 0 aromatic heterocycles. The summed E-state index contributed by atoms with van der Waals surface area (Å²) >= 11 is 11.8. The van der Waals surface area contributed by atoms with E-state index in [1.165, 1.54) is 11.1 Å². The van der Waals surface area contributed by atoms with Gasteiger partial charge in [-0.15, -0.1) is 0 Å². The molecule has 0 heterocycles. The summed E-state index contributed by atoms with van der Waals surface area (Å²) in [6.45, 7) is 0. The van der Waals surface area contributed by atoms with E-state index in [2.05, 4.69) is 0 Å². The summed E-state index contributed by atoms with van der Waals surface area (Å²) < 4.78 is 0. The molecule has 0 spiro atoms. The Bertz CT molecular complexity index is 336. The number of hydrogen-bond donors (Lipinski definition) is 1. The molecule has 3 heteroatoms. The Balaban J connectivity index is 2.43. The lowest BCUT2D eigenvalue weighted by molar-refractivity contribution is 0.576. The summed E-state index contributed by atoms with van der Waals surface area (Å²) in [6, 6.07) is 4.19. The van der Waals surface area contributed by atoms with E-state index in [1.54, 1.807) is 0 Å². The van der Waals surface area contributed by atoms with Crippen molar-refractivity contribution in [2.24, 2.45) is 5.73 Å². The standard InChI is InChI=1S/C10H11Cl2N/c11-9-4-6-1-2-8(13)3-7(6)5-10(9)12/h4-5,8H,1-3,13H2/t8-/m1/s1. The highest BCUT2D eigenvalue weighted by atomic mass is 35.5. The van der Waals surface area contributed by atoms with Gasteiger partial charge in [0.05, 0.1) is 10.0 Å². The third-order valence-corrected chi connectivity index (χ3v) is 3.23. The molecule has 0 saturated heterocycles. The Kier molecular flexibility index (Phi) is 2.50. The molecule has 1 atom stereocenters. The topological polar surface area (TPSA) is 26.0 Å². The average molecular weight is 216 g/mol. The Morgan fingerprint density at radius 2 is 1.77 bits per heavy atom. The molecule has 1 aromatic carbocycles. The molecule has 0 radical (unpaired) electrons. The van der Waals surface area contributed by atoms with Gasteiger partial charge in [-0.1, -0.05) is 23.2 Å². The van der Waals surface area contributed by atoms with Crippen LogP contribution in [0.3, 0.4) is 0 Å². The summed E-state index contributed by atoms with van der Waals surface area (Å²) in [5, 5.41) is 1.28. The van der Waals surface area contributed by atoms with Crippen molar-refractivity contribution in [3.05, 3.63) is 33.3 Å². The number of halogens is 2. The minimum Gasteiger partial charge on any atom is -0.327 e. The predicted molar refractivity (Wildman–Crippen MR) is 56.5 cm³/mol. The lowest BCUT2D eigenvalue weighted by Gasteiger charge is -2.21. The van der Waals surface area contributed by atoms with Gasteiger partial charge in [0.1, 0.15) is 0 Å². The number of benzene rings is 1. The Hall–Kier alpha value is -0.240. The molecule has 0 amide bonds. The largest absolute Gasteiger partial charge is 0.327 e. The maximum atomic E-state index is 5.92. The molecule has 2 rings (SSSR count). The monoisotopic (exact) mass is 215 g/mol. The van der Waals surface area contributed by atoms with Crippen molar-refractivity contribution < 1.29 is 0 Å². The van der Waals surface area contributed by atoms with Gasteiger partial charge in [0.2, 0.25) is 0 Å². The fourth-order valence-corrected chi connectivity index (χ4v) is 2.15. The smallest absolute Gasteiger partial charge is 0.0595 e. The van der Waals surface area contributed by atoms with Crippen LogP contribution in [0.4, 0.5) is 0 Å². The van der Waals surface area contributed by atoms with Crippen LogP contribution in [-0.4, -0.2) is 6.04 Å². The number of fused-ring (bicyclic) bond motifs is 1. The number of aryl methyl sites for hydroxylation is 1. The number of rotatable bonds is 0. The molecule has 13 heavy (non-hydrogen) atoms. The van der Waals surface area contributed by atoms with Crippen LogP contribution in [0.25, 0.3) is 0 Å². The second kappa shape index (κ2) is 3.49. The second-order valence-corrected chi connectivity index (χ2v) is 4.35. The molecule has 0 fully saturated rings. The highest BCUT2D eigenvalue weighted by Gasteiger charge is 2.16. The van der Waals surface area contributed by atoms with Crippen molar-refractivity contribution in [1.29, 1.82) is 0 Å². The summed E-state index contributed by atoms with van der Waals surface area (Å²) in [5.74, 6) is 0. The van der Waals surface area contributed by atoms with Crippen LogP contribution in [0, 0.1) is 0 Å². The van der Waals surface area contributed by atoms with Crippen molar-refractivity contribution in [3.8, 4) is 0 Å². The third kappa shape index (κ3) is 1.83. The highest BCUT2D eigenvalue weighted by molar-refractivity contribution is 6.42. The van der Waals surface area contributed by atoms with Crippen LogP contribution < -0.4 is 5.73 Å². The van der Waals surface area contributed by atoms with Crippen molar-refractivity contribution in [2.45, 2.75) is 25.3 Å². The average Bonchev–Trinajstić information content (AvgIpc) is 2.08. The van der Waals surface area contributed by atoms with Crippen LogP contribution in [0.5, 0.6) is 0 Å². The van der Waals surface area contributed by atoms with Gasteiger partial charge in [-0.05, 0) is 42.5 Å². The lowest BCUT2D eigenvalue weighted by atomic mass is 9.89. The first-order chi connectivity index (χ1) is 6.16. The zero-order valence-corrected chi connectivity index (χ0v) is 8.70. The molecular weight excluding hydrogens is 205 g/mol. The predicted octanol–water partition coefficient (Wildman–Crippen LogP) is 2.81. The first kappa shape index (κ1) is 9.32. The molecule has 2 N–H and O–H groups in total. The van der Waals surface area contributed by atoms with Crippen molar-refractivity contribution in [3.63, 3.8) is 0 Å². The van der Waals surface area contributed by atoms with E-state index in [0.717, 1.165) is 19.3 Å². The number of nitrogens with two attached hydrogens (primary N) is 1. The van der Waals surface area contributed by atoms with Gasteiger partial charge < -0.3 is 5.73 Å². The molecule has 1 aliphatic carbocycles. The molecule has 0 saturated carbocycles. The molecule has 0 unspecified atom stereocenters. The first-order valence-corrected chi connectivity index (χ1v) is 5.15. The van der Waals surface area contributed by atoms with Gasteiger partial charge >= 0.3 is 0 Å². The van der Waals surface area contributed by atoms with E-state index < -0.39 is 0 Å². The lowest BCUT2D eigenvalue weighted by Crippen LogP contribution is -2.27. The molecule has 0 bridgehead atoms. The van der Waals surface area contributed by atoms with E-state index >= 15 is 0 Å². The summed E-state index contributed by atoms with van der Waals surface area (Å²) in [6.07, 6.45) is 2.99. The summed E-state index contributed by atoms with van der Waals surface area (Å²) in [5.41, 5.74) is 8.42. The van der Waals surface area contributed by atoms with Crippen LogP contribution in [-0.2, 0) is 12.8 Å². The fourth-order valence-electron chi connectivity index (χ4n) is 1.78. The molecule has 1 nitrogen and oxygen atoms in total. The van der Waals surface area contributed by atoms with Gasteiger partial charge in [-0.3, -0.25) is 0 Å². The van der Waals surface area contributed by atoms with E-state index in [0.29, 0.717) is 10.0 Å². The maximum absolute atomic E-state index is 5.92. The van der Waals surface area contributed by atoms with E-state index in [9.17, 15) is 0 Å². The number of hydrogen-bond acceptors (Lipinski definition) is 1. The zero-order valence-electron chi connectivity index (χ0n) is 7.19. The van der Waals surface area contributed by atoms with Crippen molar-refractivity contribution >= 4 is 23.2 Å². The fraction of sp³-hybridized carbons (Fsp3) is 0.400. The highest BCUT2D eigenvalue weighted by Crippen LogP contribution is 2.29. The van der Waals surface area contributed by atoms with Crippen LogP contribution in [0.1, 0.15) is 17.5 Å². The van der Waals surface area contributed by atoms with E-state index in [4.69, 9.17) is 28.9 Å². The first-order valence-electron chi connectivity index (χ1n) is 4.39. The van der Waals surface area contributed by atoms with Gasteiger partial charge in [0, 0.05) is 6.04 Å². The van der Waals surface area contributed by atoms with Crippen LogP contribution >= 0.6 is 23.2 Å². The molecule has 1 aromatic rings. The quantitative estimate of drug-likeness (QED) is 0.708. The summed E-state index contributed by atoms with van der Waals surface area (Å²) in [7, 11) is 0. The summed E-state index contributed by atoms with van der Waals surface area (Å²) in [4.78, 5) is 0. The molecule has 0 aliphatic heterocycles. The third-order valence-electron chi connectivity index (χ3n) is 2.51. The SMILES string of the molecule is N[C@@H]1CCc2cc(Cl)c(Cl)cc2C1. The van der Waals surface area contributed by atoms with Crippen LogP contribution in [0.2, 0.25) is 10.0 Å². The van der Waals surface area contributed by atoms with Crippen molar-refractivity contribution in [1.82, 2.24) is 0 Å². The molecular formula is C10H11Cl2N. The van der Waals surface area contributed by atoms with Crippen molar-refractivity contribution in [2.75, 3.05) is 0 Å². The van der Waals surface area contributed by atoms with E-state index in [-0.39, 0.29) is 6.04 Å². The molecule has 70 valence electrons. The van der Waals surface area contributed by atoms with Gasteiger partial charge in [0.15, 0.2) is 0 Å². The zero-order chi connectivity index (χ0) is 9.42. The normalized spacial score (nSPS) is 21.3. The van der Waals surface area contributed by atoms with Crippen LogP contribution in [0.15, 0.2) is 12.1 Å². The minimum absolute atomic E-state index is 0.282. The van der Waals surface area contributed by atoms with E-state index in [1.807, 2.05) is 12.1 Å². The Morgan fingerprint density at radius 3 is 2.46 bits per heavy atom. The second-order valence-electron chi connectivity index (χ2n) is 3.54. The minimum atomic E-state index is 0.282. The van der Waals surface area contributed by atoms with Gasteiger partial charge in [0.25, 0.3) is 0 Å². The Labute approximate surface area is 87.8 Å².